The normalized spacial score (nSPS) is 14.7. The van der Waals surface area contributed by atoms with E-state index in [1.165, 1.54) is 0 Å². The predicted octanol–water partition coefficient (Wildman–Crippen LogP) is 0.468. The van der Waals surface area contributed by atoms with E-state index in [0.717, 1.165) is 12.0 Å². The fourth-order valence-corrected chi connectivity index (χ4v) is 2.08. The predicted molar refractivity (Wildman–Crippen MR) is 84.9 cm³/mol. The highest BCUT2D eigenvalue weighted by Crippen LogP contribution is 2.10. The van der Waals surface area contributed by atoms with Gasteiger partial charge in [-0.3, -0.25) is 9.59 Å². The van der Waals surface area contributed by atoms with Crippen LogP contribution in [0.2, 0.25) is 0 Å². The van der Waals surface area contributed by atoms with Crippen LogP contribution < -0.4 is 16.4 Å². The topological polar surface area (TPSA) is 104 Å². The van der Waals surface area contributed by atoms with Crippen LogP contribution in [0.25, 0.3) is 0 Å². The van der Waals surface area contributed by atoms with Crippen LogP contribution in [0.15, 0.2) is 30.3 Å². The first-order valence-electron chi connectivity index (χ1n) is 7.51. The van der Waals surface area contributed by atoms with E-state index in [0.29, 0.717) is 6.42 Å². The molecule has 5 N–H and O–H groups in total. The Hall–Kier alpha value is -1.92. The summed E-state index contributed by atoms with van der Waals surface area (Å²) in [7, 11) is 0. The van der Waals surface area contributed by atoms with Crippen molar-refractivity contribution in [2.45, 2.75) is 44.9 Å². The van der Waals surface area contributed by atoms with Crippen LogP contribution in [-0.4, -0.2) is 35.6 Å². The number of carbonyl (C=O) groups is 2. The van der Waals surface area contributed by atoms with Gasteiger partial charge in [0, 0.05) is 6.04 Å². The smallest absolute Gasteiger partial charge is 0.250 e. The van der Waals surface area contributed by atoms with Gasteiger partial charge in [-0.2, -0.15) is 0 Å². The highest BCUT2D eigenvalue weighted by Gasteiger charge is 2.22. The summed E-state index contributed by atoms with van der Waals surface area (Å²) < 4.78 is 0. The van der Waals surface area contributed by atoms with Gasteiger partial charge in [0.15, 0.2) is 0 Å². The van der Waals surface area contributed by atoms with Crippen molar-refractivity contribution in [2.75, 3.05) is 6.54 Å². The van der Waals surface area contributed by atoms with Crippen molar-refractivity contribution in [1.82, 2.24) is 10.6 Å². The molecule has 0 aromatic heterocycles. The largest absolute Gasteiger partial charge is 0.382 e. The minimum atomic E-state index is -1.29. The number of amides is 2. The second-order valence-electron chi connectivity index (χ2n) is 5.32. The fourth-order valence-electron chi connectivity index (χ4n) is 2.08. The quantitative estimate of drug-likeness (QED) is 0.560. The van der Waals surface area contributed by atoms with Crippen LogP contribution in [-0.2, 0) is 9.59 Å². The van der Waals surface area contributed by atoms with E-state index in [1.807, 2.05) is 44.2 Å². The summed E-state index contributed by atoms with van der Waals surface area (Å²) in [6.07, 6.45) is 0.0335. The minimum Gasteiger partial charge on any atom is -0.382 e. The van der Waals surface area contributed by atoms with Crippen LogP contribution in [0.4, 0.5) is 0 Å². The summed E-state index contributed by atoms with van der Waals surface area (Å²) in [5, 5.41) is 14.9. The van der Waals surface area contributed by atoms with Crippen LogP contribution in [0.5, 0.6) is 0 Å². The number of nitrogens with one attached hydrogen (secondary N) is 2. The van der Waals surface area contributed by atoms with Crippen molar-refractivity contribution >= 4 is 11.8 Å². The lowest BCUT2D eigenvalue weighted by molar-refractivity contribution is -0.132. The van der Waals surface area contributed by atoms with Crippen molar-refractivity contribution in [1.29, 1.82) is 0 Å². The number of rotatable bonds is 8. The van der Waals surface area contributed by atoms with E-state index in [2.05, 4.69) is 10.6 Å². The Labute approximate surface area is 131 Å². The Morgan fingerprint density at radius 1 is 1.27 bits per heavy atom. The lowest BCUT2D eigenvalue weighted by atomic mass is 10.1. The summed E-state index contributed by atoms with van der Waals surface area (Å²) in [6, 6.07) is 8.75. The zero-order chi connectivity index (χ0) is 16.5. The molecule has 3 atom stereocenters. The van der Waals surface area contributed by atoms with Gasteiger partial charge in [-0.1, -0.05) is 43.7 Å². The molecule has 122 valence electrons. The molecular weight excluding hydrogens is 282 g/mol. The molecule has 0 fully saturated rings. The highest BCUT2D eigenvalue weighted by molar-refractivity contribution is 5.87. The molecule has 0 aliphatic carbocycles. The molecular formula is C16H25N3O3. The van der Waals surface area contributed by atoms with E-state index in [-0.39, 0.29) is 18.5 Å². The Morgan fingerprint density at radius 2 is 1.91 bits per heavy atom. The third kappa shape index (κ3) is 5.83. The lowest BCUT2D eigenvalue weighted by Gasteiger charge is -2.18. The van der Waals surface area contributed by atoms with Gasteiger partial charge < -0.3 is 21.5 Å². The second kappa shape index (κ2) is 9.17. The van der Waals surface area contributed by atoms with Crippen molar-refractivity contribution in [3.8, 4) is 0 Å². The molecule has 0 spiro atoms. The van der Waals surface area contributed by atoms with E-state index in [4.69, 9.17) is 5.73 Å². The first-order valence-corrected chi connectivity index (χ1v) is 7.51. The molecule has 3 unspecified atom stereocenters. The summed E-state index contributed by atoms with van der Waals surface area (Å²) in [4.78, 5) is 23.5. The van der Waals surface area contributed by atoms with Crippen molar-refractivity contribution in [2.24, 2.45) is 5.73 Å². The minimum absolute atomic E-state index is 0.155. The third-order valence-electron chi connectivity index (χ3n) is 3.40. The first-order chi connectivity index (χ1) is 10.5. The molecule has 22 heavy (non-hydrogen) atoms. The molecule has 1 aromatic rings. The highest BCUT2D eigenvalue weighted by atomic mass is 16.3. The van der Waals surface area contributed by atoms with Gasteiger partial charge >= 0.3 is 0 Å². The van der Waals surface area contributed by atoms with E-state index in [1.54, 1.807) is 0 Å². The van der Waals surface area contributed by atoms with Gasteiger partial charge in [-0.15, -0.1) is 0 Å². The maximum atomic E-state index is 11.8. The molecule has 2 amide bonds. The van der Waals surface area contributed by atoms with Crippen molar-refractivity contribution in [3.05, 3.63) is 35.9 Å². The Kier molecular flexibility index (Phi) is 7.56. The molecule has 1 rings (SSSR count). The molecule has 0 aliphatic rings. The van der Waals surface area contributed by atoms with Crippen molar-refractivity contribution < 1.29 is 14.7 Å². The number of nitrogens with two attached hydrogens (primary N) is 1. The van der Waals surface area contributed by atoms with Gasteiger partial charge in [-0.05, 0) is 18.9 Å². The second-order valence-corrected chi connectivity index (χ2v) is 5.32. The average molecular weight is 307 g/mol. The number of hydrogen-bond acceptors (Lipinski definition) is 4. The van der Waals surface area contributed by atoms with E-state index in [9.17, 15) is 14.7 Å². The monoisotopic (exact) mass is 307 g/mol. The molecule has 0 saturated heterocycles. The maximum absolute atomic E-state index is 11.8. The Bertz CT molecular complexity index is 479. The third-order valence-corrected chi connectivity index (χ3v) is 3.40. The number of aliphatic hydroxyl groups is 1. The van der Waals surface area contributed by atoms with Crippen molar-refractivity contribution in [3.63, 3.8) is 0 Å². The number of benzene rings is 1. The van der Waals surface area contributed by atoms with Gasteiger partial charge in [0.25, 0.3) is 5.91 Å². The van der Waals surface area contributed by atoms with Crippen LogP contribution in [0, 0.1) is 0 Å². The van der Waals surface area contributed by atoms with Gasteiger partial charge in [0.05, 0.1) is 12.6 Å². The lowest BCUT2D eigenvalue weighted by Crippen LogP contribution is -2.48. The van der Waals surface area contributed by atoms with E-state index >= 15 is 0 Å². The fraction of sp³-hybridized carbons (Fsp3) is 0.500. The standard InChI is InChI=1S/C16H25N3O3/c1-3-7-13(17)15(21)16(22)18-10-14(20)19-11(2)12-8-5-4-6-9-12/h4-6,8-9,11,13,15,21H,3,7,10,17H2,1-2H3,(H,18,22)(H,19,20). The SMILES string of the molecule is CCCC(N)C(O)C(=O)NCC(=O)NC(C)c1ccccc1. The molecule has 0 saturated carbocycles. The van der Waals surface area contributed by atoms with Crippen LogP contribution >= 0.6 is 0 Å². The molecule has 0 bridgehead atoms. The number of carbonyl (C=O) groups excluding carboxylic acids is 2. The van der Waals surface area contributed by atoms with Crippen LogP contribution in [0.1, 0.15) is 38.3 Å². The molecule has 0 heterocycles. The Balaban J connectivity index is 2.38. The average Bonchev–Trinajstić information content (AvgIpc) is 2.52. The van der Waals surface area contributed by atoms with Gasteiger partial charge in [0.1, 0.15) is 6.10 Å². The summed E-state index contributed by atoms with van der Waals surface area (Å²) in [5.74, 6) is -0.940. The molecule has 1 aromatic carbocycles. The summed E-state index contributed by atoms with van der Waals surface area (Å²) >= 11 is 0. The molecule has 0 aliphatic heterocycles. The molecule has 6 heteroatoms. The number of hydrogen-bond donors (Lipinski definition) is 4. The van der Waals surface area contributed by atoms with Crippen LogP contribution in [0.3, 0.4) is 0 Å². The zero-order valence-electron chi connectivity index (χ0n) is 13.1. The maximum Gasteiger partial charge on any atom is 0.250 e. The molecule has 6 nitrogen and oxygen atoms in total. The first kappa shape index (κ1) is 18.1. The van der Waals surface area contributed by atoms with Gasteiger partial charge in [0.2, 0.25) is 5.91 Å². The zero-order valence-corrected chi connectivity index (χ0v) is 13.1. The summed E-state index contributed by atoms with van der Waals surface area (Å²) in [6.45, 7) is 3.59. The van der Waals surface area contributed by atoms with E-state index < -0.39 is 18.1 Å². The summed E-state index contributed by atoms with van der Waals surface area (Å²) in [5.41, 5.74) is 6.66. The molecule has 0 radical (unpaired) electrons. The number of aliphatic hydroxyl groups excluding tert-OH is 1. The Morgan fingerprint density at radius 3 is 2.50 bits per heavy atom. The van der Waals surface area contributed by atoms with Gasteiger partial charge in [-0.25, -0.2) is 0 Å².